The van der Waals surface area contributed by atoms with Crippen molar-refractivity contribution in [3.8, 4) is 0 Å². The summed E-state index contributed by atoms with van der Waals surface area (Å²) < 4.78 is 0. The van der Waals surface area contributed by atoms with Gasteiger partial charge in [0.05, 0.1) is 22.5 Å². The Morgan fingerprint density at radius 2 is 0.854 bits per heavy atom. The van der Waals surface area contributed by atoms with Crippen molar-refractivity contribution in [1.82, 2.24) is 0 Å². The van der Waals surface area contributed by atoms with Crippen LogP contribution in [-0.4, -0.2) is 34.2 Å². The van der Waals surface area contributed by atoms with Gasteiger partial charge in [-0.2, -0.15) is 0 Å². The summed E-state index contributed by atoms with van der Waals surface area (Å²) in [5.41, 5.74) is 3.96. The fourth-order valence-electron chi connectivity index (χ4n) is 3.49. The van der Waals surface area contributed by atoms with Crippen molar-refractivity contribution in [2.75, 3.05) is 10.6 Å². The van der Waals surface area contributed by atoms with Crippen molar-refractivity contribution in [3.05, 3.63) is 119 Å². The number of rotatable bonds is 8. The maximum Gasteiger partial charge on any atom is 0.364 e. The first-order valence-corrected chi connectivity index (χ1v) is 12.1. The summed E-state index contributed by atoms with van der Waals surface area (Å²) in [4.78, 5) is 45.9. The number of carbonyl (C=O) groups is 4. The minimum absolute atomic E-state index is 0.110. The van der Waals surface area contributed by atoms with E-state index in [0.717, 1.165) is 11.1 Å². The number of urea groups is 2. The average Bonchev–Trinajstić information content (AvgIpc) is 2.97. The van der Waals surface area contributed by atoms with E-state index in [0.29, 0.717) is 29.2 Å². The molecule has 0 aliphatic rings. The summed E-state index contributed by atoms with van der Waals surface area (Å²) in [5.74, 6) is -2.11. The van der Waals surface area contributed by atoms with Gasteiger partial charge in [0.1, 0.15) is 0 Å². The third-order valence-electron chi connectivity index (χ3n) is 5.56. The quantitative estimate of drug-likeness (QED) is 0.167. The smallest absolute Gasteiger partial charge is 0.364 e. The lowest BCUT2D eigenvalue weighted by atomic mass is 10.0. The number of benzene rings is 4. The van der Waals surface area contributed by atoms with Crippen LogP contribution in [0.5, 0.6) is 0 Å². The standard InChI is InChI=1S/C29H22N6O6/c36-26(37)20-5-13-24(14-6-20)32-34-28(40)30-22-9-1-18(2-10-22)17-19-3-11-23(12-4-19)31-29(41)35-33-25-15-7-21(8-16-25)27(38)39/h1-16H,17H2,(H,30,40)(H,31,41)(H,36,37)(H,38,39). The number of carboxylic acids is 2. The van der Waals surface area contributed by atoms with Crippen LogP contribution in [0.2, 0.25) is 0 Å². The first-order valence-electron chi connectivity index (χ1n) is 12.1. The van der Waals surface area contributed by atoms with Gasteiger partial charge in [0.25, 0.3) is 0 Å². The molecule has 0 unspecified atom stereocenters. The number of amides is 4. The zero-order valence-electron chi connectivity index (χ0n) is 21.3. The highest BCUT2D eigenvalue weighted by Gasteiger charge is 2.06. The Hall–Kier alpha value is -6.04. The number of hydrogen-bond acceptors (Lipinski definition) is 6. The van der Waals surface area contributed by atoms with Gasteiger partial charge in [0.15, 0.2) is 0 Å². The van der Waals surface area contributed by atoms with Gasteiger partial charge >= 0.3 is 24.0 Å². The van der Waals surface area contributed by atoms with Gasteiger partial charge in [-0.1, -0.05) is 34.5 Å². The molecule has 4 aromatic carbocycles. The maximum atomic E-state index is 12.1. The van der Waals surface area contributed by atoms with E-state index < -0.39 is 24.0 Å². The molecular weight excluding hydrogens is 528 g/mol. The second kappa shape index (κ2) is 13.2. The molecule has 12 heteroatoms. The summed E-state index contributed by atoms with van der Waals surface area (Å²) in [5, 5.41) is 37.8. The lowest BCUT2D eigenvalue weighted by Gasteiger charge is -2.06. The summed E-state index contributed by atoms with van der Waals surface area (Å²) >= 11 is 0. The van der Waals surface area contributed by atoms with Crippen LogP contribution in [0.4, 0.5) is 32.3 Å². The van der Waals surface area contributed by atoms with E-state index in [-0.39, 0.29) is 11.1 Å². The monoisotopic (exact) mass is 550 g/mol. The third kappa shape index (κ3) is 8.48. The Bertz CT molecular complexity index is 1490. The van der Waals surface area contributed by atoms with Crippen molar-refractivity contribution in [2.45, 2.75) is 6.42 Å². The molecular formula is C29H22N6O6. The summed E-state index contributed by atoms with van der Waals surface area (Å²) in [6.45, 7) is 0. The first kappa shape index (κ1) is 28.0. The molecule has 0 saturated heterocycles. The molecule has 0 aromatic heterocycles. The highest BCUT2D eigenvalue weighted by molar-refractivity contribution is 5.91. The molecule has 0 fully saturated rings. The minimum atomic E-state index is -1.06. The Morgan fingerprint density at radius 3 is 1.17 bits per heavy atom. The van der Waals surface area contributed by atoms with E-state index in [1.54, 1.807) is 24.3 Å². The van der Waals surface area contributed by atoms with Crippen LogP contribution in [0.3, 0.4) is 0 Å². The van der Waals surface area contributed by atoms with Gasteiger partial charge in [-0.05, 0) is 90.3 Å². The number of hydrogen-bond donors (Lipinski definition) is 4. The SMILES string of the molecule is O=C(N=Nc1ccc(C(=O)O)cc1)Nc1ccc(Cc2ccc(NC(=O)N=Nc3ccc(C(=O)O)cc3)cc2)cc1. The largest absolute Gasteiger partial charge is 0.478 e. The number of nitrogens with zero attached hydrogens (tertiary/aromatic N) is 4. The predicted octanol–water partition coefficient (Wildman–Crippen LogP) is 7.31. The lowest BCUT2D eigenvalue weighted by Crippen LogP contribution is -2.05. The second-order valence-electron chi connectivity index (χ2n) is 8.53. The van der Waals surface area contributed by atoms with Crippen molar-refractivity contribution < 1.29 is 29.4 Å². The third-order valence-corrected chi connectivity index (χ3v) is 5.56. The predicted molar refractivity (Wildman–Crippen MR) is 150 cm³/mol. The van der Waals surface area contributed by atoms with Crippen LogP contribution >= 0.6 is 0 Å². The van der Waals surface area contributed by atoms with E-state index in [9.17, 15) is 19.2 Å². The molecule has 0 radical (unpaired) electrons. The van der Waals surface area contributed by atoms with E-state index in [1.807, 2.05) is 24.3 Å². The highest BCUT2D eigenvalue weighted by atomic mass is 16.4. The van der Waals surface area contributed by atoms with Crippen molar-refractivity contribution in [1.29, 1.82) is 0 Å². The average molecular weight is 551 g/mol. The number of aromatic carboxylic acids is 2. The zero-order valence-corrected chi connectivity index (χ0v) is 21.3. The van der Waals surface area contributed by atoms with Crippen LogP contribution in [0, 0.1) is 0 Å². The van der Waals surface area contributed by atoms with Gasteiger partial charge < -0.3 is 20.8 Å². The van der Waals surface area contributed by atoms with Crippen molar-refractivity contribution in [3.63, 3.8) is 0 Å². The molecule has 0 spiro atoms. The number of anilines is 2. The number of carboxylic acid groups (broad SMARTS) is 2. The second-order valence-corrected chi connectivity index (χ2v) is 8.53. The van der Waals surface area contributed by atoms with Gasteiger partial charge in [-0.15, -0.1) is 10.2 Å². The Morgan fingerprint density at radius 1 is 0.512 bits per heavy atom. The van der Waals surface area contributed by atoms with Crippen LogP contribution in [0.1, 0.15) is 31.8 Å². The number of nitrogens with one attached hydrogen (secondary N) is 2. The Kier molecular flexibility index (Phi) is 8.98. The van der Waals surface area contributed by atoms with E-state index >= 15 is 0 Å². The molecule has 4 aromatic rings. The molecule has 0 atom stereocenters. The molecule has 0 aliphatic carbocycles. The zero-order chi connectivity index (χ0) is 29.2. The maximum absolute atomic E-state index is 12.1. The fraction of sp³-hybridized carbons (Fsp3) is 0.0345. The van der Waals surface area contributed by atoms with Crippen LogP contribution in [0.25, 0.3) is 0 Å². The Balaban J connectivity index is 1.25. The van der Waals surface area contributed by atoms with Gasteiger partial charge in [-0.25, -0.2) is 19.2 Å². The highest BCUT2D eigenvalue weighted by Crippen LogP contribution is 2.18. The minimum Gasteiger partial charge on any atom is -0.478 e. The van der Waals surface area contributed by atoms with E-state index in [2.05, 4.69) is 31.1 Å². The van der Waals surface area contributed by atoms with Crippen LogP contribution in [0.15, 0.2) is 118 Å². The molecule has 0 aliphatic heterocycles. The van der Waals surface area contributed by atoms with Gasteiger partial charge in [0.2, 0.25) is 0 Å². The molecule has 4 rings (SSSR count). The van der Waals surface area contributed by atoms with Crippen LogP contribution in [-0.2, 0) is 6.42 Å². The molecule has 4 N–H and O–H groups in total. The first-order chi connectivity index (χ1) is 19.7. The number of azo groups is 2. The van der Waals surface area contributed by atoms with Gasteiger partial charge in [-0.3, -0.25) is 0 Å². The molecule has 4 amide bonds. The van der Waals surface area contributed by atoms with Crippen LogP contribution < -0.4 is 10.6 Å². The molecule has 12 nitrogen and oxygen atoms in total. The summed E-state index contributed by atoms with van der Waals surface area (Å²) in [6.07, 6.45) is 0.612. The van der Waals surface area contributed by atoms with E-state index in [1.165, 1.54) is 48.5 Å². The molecule has 41 heavy (non-hydrogen) atoms. The Labute approximate surface area is 233 Å². The summed E-state index contributed by atoms with van der Waals surface area (Å²) in [7, 11) is 0. The molecule has 0 saturated carbocycles. The van der Waals surface area contributed by atoms with Crippen molar-refractivity contribution in [2.24, 2.45) is 20.5 Å². The fourth-order valence-corrected chi connectivity index (χ4v) is 3.49. The summed E-state index contributed by atoms with van der Waals surface area (Å²) in [6, 6.07) is 24.3. The molecule has 0 bridgehead atoms. The molecule has 204 valence electrons. The van der Waals surface area contributed by atoms with Crippen molar-refractivity contribution >= 4 is 46.8 Å². The normalized spacial score (nSPS) is 10.9. The number of carbonyl (C=O) groups excluding carboxylic acids is 2. The topological polar surface area (TPSA) is 182 Å². The van der Waals surface area contributed by atoms with Gasteiger partial charge in [0, 0.05) is 11.4 Å². The lowest BCUT2D eigenvalue weighted by molar-refractivity contribution is 0.0686. The molecule has 0 heterocycles. The van der Waals surface area contributed by atoms with E-state index in [4.69, 9.17) is 10.2 Å².